The summed E-state index contributed by atoms with van der Waals surface area (Å²) in [5.41, 5.74) is -2.16. The number of nitriles is 4. The van der Waals surface area contributed by atoms with Gasteiger partial charge in [-0.15, -0.1) is 0 Å². The molecule has 0 unspecified atom stereocenters. The zero-order chi connectivity index (χ0) is 16.2. The topological polar surface area (TPSA) is 95.2 Å². The van der Waals surface area contributed by atoms with E-state index in [2.05, 4.69) is 0 Å². The number of rotatable bonds is 1. The van der Waals surface area contributed by atoms with Crippen molar-refractivity contribution in [2.45, 2.75) is 13.3 Å². The maximum atomic E-state index is 14.3. The zero-order valence-corrected chi connectivity index (χ0v) is 10.6. The minimum Gasteiger partial charge on any atom is -0.206 e. The molecule has 21 heavy (non-hydrogen) atoms. The van der Waals surface area contributed by atoms with E-state index in [1.807, 2.05) is 0 Å². The Bertz CT molecular complexity index is 871. The number of halogens is 3. The Morgan fingerprint density at radius 1 is 0.762 bits per heavy atom. The van der Waals surface area contributed by atoms with Crippen LogP contribution >= 0.6 is 0 Å². The highest BCUT2D eigenvalue weighted by molar-refractivity contribution is 5.75. The van der Waals surface area contributed by atoms with Crippen LogP contribution in [0.15, 0.2) is 0 Å². The molecule has 0 aliphatic rings. The number of nitrogens with zero attached hydrogens (tertiary/aromatic N) is 4. The average Bonchev–Trinajstić information content (AvgIpc) is 2.49. The molecule has 1 aromatic rings. The zero-order valence-electron chi connectivity index (χ0n) is 10.6. The van der Waals surface area contributed by atoms with Gasteiger partial charge in [0.05, 0.1) is 5.22 Å². The standard InChI is InChI=1S/C14H5F3N4/c1-2-9-10(7(3-18)4-19)13(16)14(17)11(12(9)15)8(5-20)6-21/h2H2,1H3. The lowest BCUT2D eigenvalue weighted by Gasteiger charge is -2.06. The molecule has 0 fully saturated rings. The maximum Gasteiger partial charge on any atom is 0.171 e. The summed E-state index contributed by atoms with van der Waals surface area (Å²) in [6.07, 6.45) is -0.164. The molecule has 0 bridgehead atoms. The van der Waals surface area contributed by atoms with Gasteiger partial charge in [-0.2, -0.15) is 21.0 Å². The molecular weight excluding hydrogens is 281 g/mol. The highest BCUT2D eigenvalue weighted by Crippen LogP contribution is 2.08. The Labute approximate surface area is 117 Å². The summed E-state index contributed by atoms with van der Waals surface area (Å²) in [6.45, 7) is 1.40. The largest absolute Gasteiger partial charge is 0.206 e. The van der Waals surface area contributed by atoms with E-state index in [9.17, 15) is 13.2 Å². The van der Waals surface area contributed by atoms with Gasteiger partial charge in [0, 0.05) is 10.8 Å². The second kappa shape index (κ2) is 6.24. The second-order valence-corrected chi connectivity index (χ2v) is 3.72. The van der Waals surface area contributed by atoms with Crippen molar-refractivity contribution in [3.63, 3.8) is 0 Å². The van der Waals surface area contributed by atoms with Gasteiger partial charge in [-0.05, 0) is 6.42 Å². The van der Waals surface area contributed by atoms with Gasteiger partial charge in [0.2, 0.25) is 0 Å². The molecular formula is C14H5F3N4. The smallest absolute Gasteiger partial charge is 0.171 e. The number of hydrogen-bond acceptors (Lipinski definition) is 4. The monoisotopic (exact) mass is 286 g/mol. The van der Waals surface area contributed by atoms with Crippen LogP contribution in [-0.4, -0.2) is 0 Å². The van der Waals surface area contributed by atoms with Gasteiger partial charge in [-0.25, -0.2) is 13.2 Å². The fraction of sp³-hybridized carbons (Fsp3) is 0.143. The summed E-state index contributed by atoms with van der Waals surface area (Å²) in [7, 11) is 0. The van der Waals surface area contributed by atoms with E-state index in [1.54, 1.807) is 0 Å². The van der Waals surface area contributed by atoms with Crippen molar-refractivity contribution in [3.8, 4) is 24.3 Å². The fourth-order valence-electron chi connectivity index (χ4n) is 1.79. The molecule has 102 valence electrons. The first-order chi connectivity index (χ1) is 9.98. The molecule has 7 heteroatoms. The van der Waals surface area contributed by atoms with Crippen LogP contribution < -0.4 is 10.4 Å². The molecule has 0 aliphatic heterocycles. The molecule has 4 nitrogen and oxygen atoms in total. The van der Waals surface area contributed by atoms with Crippen molar-refractivity contribution in [3.05, 3.63) is 33.5 Å². The van der Waals surface area contributed by atoms with E-state index in [1.165, 1.54) is 31.2 Å². The highest BCUT2D eigenvalue weighted by atomic mass is 19.2. The first-order valence-electron chi connectivity index (χ1n) is 5.52. The fourth-order valence-corrected chi connectivity index (χ4v) is 1.79. The molecule has 0 saturated carbocycles. The summed E-state index contributed by atoms with van der Waals surface area (Å²) in [6, 6.07) is 5.27. The van der Waals surface area contributed by atoms with Gasteiger partial charge < -0.3 is 0 Å². The highest BCUT2D eigenvalue weighted by Gasteiger charge is 2.21. The molecule has 0 heterocycles. The number of benzene rings is 1. The summed E-state index contributed by atoms with van der Waals surface area (Å²) < 4.78 is 42.2. The van der Waals surface area contributed by atoms with Crippen molar-refractivity contribution in [2.75, 3.05) is 0 Å². The van der Waals surface area contributed by atoms with Gasteiger partial charge in [-0.1, -0.05) is 6.92 Å². The lowest BCUT2D eigenvalue weighted by molar-refractivity contribution is 0.474. The summed E-state index contributed by atoms with van der Waals surface area (Å²) >= 11 is 0. The molecule has 0 atom stereocenters. The molecule has 0 aromatic heterocycles. The van der Waals surface area contributed by atoms with E-state index in [-0.39, 0.29) is 6.42 Å². The lowest BCUT2D eigenvalue weighted by atomic mass is 10.0. The molecule has 1 rings (SSSR count). The summed E-state index contributed by atoms with van der Waals surface area (Å²) in [5.74, 6) is -4.74. The third-order valence-corrected chi connectivity index (χ3v) is 2.72. The van der Waals surface area contributed by atoms with E-state index < -0.39 is 44.6 Å². The van der Waals surface area contributed by atoms with Gasteiger partial charge in [0.25, 0.3) is 0 Å². The summed E-state index contributed by atoms with van der Waals surface area (Å²) in [4.78, 5) is 0. The average molecular weight is 286 g/mol. The maximum absolute atomic E-state index is 14.3. The molecule has 0 aliphatic carbocycles. The minimum atomic E-state index is -1.78. The van der Waals surface area contributed by atoms with Crippen LogP contribution in [0.2, 0.25) is 0 Å². The predicted octanol–water partition coefficient (Wildman–Crippen LogP) is 1.06. The van der Waals surface area contributed by atoms with Crippen molar-refractivity contribution >= 4 is 11.1 Å². The first kappa shape index (κ1) is 15.8. The second-order valence-electron chi connectivity index (χ2n) is 3.72. The quantitative estimate of drug-likeness (QED) is 0.721. The van der Waals surface area contributed by atoms with Crippen LogP contribution in [-0.2, 0) is 6.42 Å². The summed E-state index contributed by atoms with van der Waals surface area (Å²) in [5, 5.41) is 33.0. The van der Waals surface area contributed by atoms with Crippen LogP contribution in [0.25, 0.3) is 11.1 Å². The van der Waals surface area contributed by atoms with Crippen LogP contribution in [0.4, 0.5) is 13.2 Å². The molecule has 0 radical (unpaired) electrons. The van der Waals surface area contributed by atoms with E-state index >= 15 is 0 Å². The van der Waals surface area contributed by atoms with Gasteiger partial charge in [0.1, 0.15) is 41.2 Å². The van der Waals surface area contributed by atoms with Crippen molar-refractivity contribution in [2.24, 2.45) is 0 Å². The Hall–Kier alpha value is -3.29. The predicted molar refractivity (Wildman–Crippen MR) is 64.2 cm³/mol. The molecule has 1 aromatic carbocycles. The lowest BCUT2D eigenvalue weighted by Crippen LogP contribution is -2.31. The van der Waals surface area contributed by atoms with Crippen LogP contribution in [0.5, 0.6) is 0 Å². The van der Waals surface area contributed by atoms with Crippen LogP contribution in [0.3, 0.4) is 0 Å². The van der Waals surface area contributed by atoms with E-state index in [4.69, 9.17) is 21.0 Å². The van der Waals surface area contributed by atoms with Gasteiger partial charge in [0.15, 0.2) is 11.6 Å². The molecule has 0 saturated heterocycles. The Balaban J connectivity index is 4.40. The molecule has 0 spiro atoms. The van der Waals surface area contributed by atoms with E-state index in [0.717, 1.165) is 0 Å². The van der Waals surface area contributed by atoms with Crippen molar-refractivity contribution < 1.29 is 13.2 Å². The van der Waals surface area contributed by atoms with Crippen LogP contribution in [0.1, 0.15) is 12.5 Å². The Morgan fingerprint density at radius 3 is 1.52 bits per heavy atom. The van der Waals surface area contributed by atoms with Crippen LogP contribution in [0, 0.1) is 62.8 Å². The first-order valence-corrected chi connectivity index (χ1v) is 5.52. The molecule has 0 amide bonds. The van der Waals surface area contributed by atoms with Crippen molar-refractivity contribution in [1.82, 2.24) is 0 Å². The van der Waals surface area contributed by atoms with E-state index in [0.29, 0.717) is 0 Å². The van der Waals surface area contributed by atoms with Gasteiger partial charge >= 0.3 is 0 Å². The third kappa shape index (κ3) is 2.41. The Morgan fingerprint density at radius 2 is 1.14 bits per heavy atom. The SMILES string of the molecule is CCc1c(F)c(=C(C#N)C#N)c(F)c(F)c1=C(C#N)C#N. The normalized spacial score (nSPS) is 8.95. The minimum absolute atomic E-state index is 0.164. The third-order valence-electron chi connectivity index (χ3n) is 2.72. The van der Waals surface area contributed by atoms with Gasteiger partial charge in [-0.3, -0.25) is 0 Å². The molecule has 0 N–H and O–H groups in total. The van der Waals surface area contributed by atoms with Crippen molar-refractivity contribution in [1.29, 1.82) is 21.0 Å². The number of hydrogen-bond donors (Lipinski definition) is 0. The Kier molecular flexibility index (Phi) is 4.68.